The van der Waals surface area contributed by atoms with Crippen LogP contribution in [0.3, 0.4) is 0 Å². The number of anilines is 1. The van der Waals surface area contributed by atoms with Gasteiger partial charge in [-0.3, -0.25) is 10.2 Å². The van der Waals surface area contributed by atoms with Crippen LogP contribution in [0, 0.1) is 28.2 Å². The average Bonchev–Trinajstić information content (AvgIpc) is 3.04. The molecule has 5 N–H and O–H groups in total. The van der Waals surface area contributed by atoms with E-state index in [4.69, 9.17) is 20.1 Å². The molecule has 2 aromatic carbocycles. The summed E-state index contributed by atoms with van der Waals surface area (Å²) in [6.07, 6.45) is 4.52. The van der Waals surface area contributed by atoms with Crippen molar-refractivity contribution in [1.82, 2.24) is 16.0 Å². The van der Waals surface area contributed by atoms with Gasteiger partial charge < -0.3 is 30.2 Å². The average molecular weight is 699 g/mol. The summed E-state index contributed by atoms with van der Waals surface area (Å²) in [6.45, 7) is 12.6. The summed E-state index contributed by atoms with van der Waals surface area (Å²) in [6, 6.07) is 10.5. The Hall–Kier alpha value is -4.81. The number of alkyl carbamates (subject to hydrolysis) is 1. The first kappa shape index (κ1) is 45.2. The van der Waals surface area contributed by atoms with Crippen molar-refractivity contribution in [3.63, 3.8) is 0 Å². The van der Waals surface area contributed by atoms with Gasteiger partial charge in [0.15, 0.2) is 0 Å². The molecule has 274 valence electrons. The van der Waals surface area contributed by atoms with E-state index in [0.29, 0.717) is 36.4 Å². The number of amides is 2. The predicted molar refractivity (Wildman–Crippen MR) is 194 cm³/mol. The molecule has 0 aromatic heterocycles. The summed E-state index contributed by atoms with van der Waals surface area (Å²) in [4.78, 5) is 35.2. The van der Waals surface area contributed by atoms with E-state index in [1.165, 1.54) is 24.5 Å². The van der Waals surface area contributed by atoms with Crippen LogP contribution in [-0.4, -0.2) is 83.3 Å². The second kappa shape index (κ2) is 24.3. The maximum absolute atomic E-state index is 13.2. The maximum Gasteiger partial charge on any atom is 0.270 e. The van der Waals surface area contributed by atoms with Crippen molar-refractivity contribution < 1.29 is 37.6 Å². The molecule has 0 aliphatic heterocycles. The Bertz CT molecular complexity index is 1400. The van der Waals surface area contributed by atoms with E-state index in [1.807, 2.05) is 27.8 Å². The number of methoxy groups -OCH3 is 1. The summed E-state index contributed by atoms with van der Waals surface area (Å²) in [7, 11) is 6.19. The normalized spacial score (nSPS) is 11.1. The van der Waals surface area contributed by atoms with E-state index in [9.17, 15) is 18.8 Å². The topological polar surface area (TPSA) is 184 Å². The van der Waals surface area contributed by atoms with Gasteiger partial charge >= 0.3 is 76.7 Å². The number of aldehydes is 1. The molecular formula is C35H52BFN6O7. The molecule has 50 heavy (non-hydrogen) atoms. The molecule has 0 aliphatic rings. The zero-order valence-corrected chi connectivity index (χ0v) is 30.6. The molecule has 13 nitrogen and oxygen atoms in total. The molecule has 0 bridgehead atoms. The van der Waals surface area contributed by atoms with Crippen LogP contribution in [0.1, 0.15) is 65.5 Å². The zero-order valence-electron chi connectivity index (χ0n) is 30.6. The first-order valence-electron chi connectivity index (χ1n) is 15.9. The number of unbranched alkanes of at least 4 members (excludes halogenated alkanes) is 1. The van der Waals surface area contributed by atoms with Crippen LogP contribution < -0.4 is 26.0 Å². The number of halogens is 1. The third kappa shape index (κ3) is 20.5. The van der Waals surface area contributed by atoms with Gasteiger partial charge in [0.25, 0.3) is 5.91 Å². The van der Waals surface area contributed by atoms with Gasteiger partial charge in [-0.1, -0.05) is 32.9 Å². The van der Waals surface area contributed by atoms with Gasteiger partial charge in [-0.25, -0.2) is 4.39 Å². The number of carbonyl (C=O) groups is 3. The fourth-order valence-corrected chi connectivity index (χ4v) is 3.63. The molecule has 1 atom stereocenters. The Labute approximate surface area is 296 Å². The molecule has 15 heteroatoms. The van der Waals surface area contributed by atoms with Crippen LogP contribution >= 0.6 is 0 Å². The molecule has 2 rings (SSSR count). The standard InChI is InChI=1S/C26H35FN4O3.C7H11BN2O3.C2H6O/c1-26(2,3)23(17-32)31-25(33)24(28)21-15-20(34-14-6-5-13-29-4)11-12-22(21)30-16-18-7-9-19(27)10-8-18;1-7(2,3)13-6(11)10-4-8-12-5-9;1-3-2/h7-12,15,17,23,28-30H,5-6,13-14,16H2,1-4H3,(H,31,33);4H,1-3H3,(H,10,11);1-2H3. The summed E-state index contributed by atoms with van der Waals surface area (Å²) in [5.41, 5.74) is 0.463. The number of hydrogen-bond acceptors (Lipinski definition) is 11. The first-order chi connectivity index (χ1) is 23.5. The third-order valence-electron chi connectivity index (χ3n) is 6.12. The van der Waals surface area contributed by atoms with E-state index in [-0.39, 0.29) is 11.5 Å². The summed E-state index contributed by atoms with van der Waals surface area (Å²) in [5.74, 6) is -0.419. The Morgan fingerprint density at radius 2 is 1.70 bits per heavy atom. The van der Waals surface area contributed by atoms with Gasteiger partial charge in [-0.05, 0) is 67.7 Å². The molecular weight excluding hydrogens is 646 g/mol. The molecule has 0 heterocycles. The number of carbonyl (C=O) groups excluding carboxylic acids is 3. The van der Waals surface area contributed by atoms with Gasteiger partial charge in [-0.2, -0.15) is 0 Å². The van der Waals surface area contributed by atoms with Crippen LogP contribution in [0.15, 0.2) is 42.5 Å². The number of hydrogen-bond donors (Lipinski definition) is 5. The van der Waals surface area contributed by atoms with Crippen LogP contribution in [0.25, 0.3) is 0 Å². The predicted octanol–water partition coefficient (Wildman–Crippen LogP) is 4.56. The van der Waals surface area contributed by atoms with Gasteiger partial charge in [-0.15, -0.1) is 0 Å². The Kier molecular flexibility index (Phi) is 22.0. The van der Waals surface area contributed by atoms with Crippen LogP contribution in [0.2, 0.25) is 0 Å². The SMILES string of the molecule is CC(C)(C)OC(=O)NC=BOC#N.CNCCCCOc1ccc(NCc2ccc(F)cc2)c(C(=N)C(=O)NC(C=O)C(C)(C)C)c1.COC. The molecule has 0 radical (unpaired) electrons. The second-order valence-electron chi connectivity index (χ2n) is 12.7. The van der Waals surface area contributed by atoms with Crippen molar-refractivity contribution in [2.45, 2.75) is 72.6 Å². The number of benzene rings is 2. The van der Waals surface area contributed by atoms with Gasteiger partial charge in [0.05, 0.1) is 12.6 Å². The third-order valence-corrected chi connectivity index (χ3v) is 6.12. The van der Waals surface area contributed by atoms with Crippen molar-refractivity contribution in [1.29, 1.82) is 10.7 Å². The molecule has 2 aromatic rings. The molecule has 2 amide bonds. The molecule has 1 unspecified atom stereocenters. The number of nitrogens with one attached hydrogen (secondary N) is 5. The second-order valence-corrected chi connectivity index (χ2v) is 12.7. The minimum atomic E-state index is -0.734. The van der Waals surface area contributed by atoms with Crippen molar-refractivity contribution in [2.24, 2.45) is 5.41 Å². The van der Waals surface area contributed by atoms with E-state index in [2.05, 4.69) is 30.7 Å². The largest absolute Gasteiger partial charge is 0.494 e. The number of nitriles is 1. The van der Waals surface area contributed by atoms with Gasteiger partial charge in [0.1, 0.15) is 23.6 Å². The van der Waals surface area contributed by atoms with Crippen molar-refractivity contribution in [3.05, 3.63) is 59.4 Å². The summed E-state index contributed by atoms with van der Waals surface area (Å²) < 4.78 is 32.3. The molecule has 0 aliphatic carbocycles. The molecule has 0 saturated heterocycles. The summed E-state index contributed by atoms with van der Waals surface area (Å²) in [5, 5.41) is 27.7. The smallest absolute Gasteiger partial charge is 0.270 e. The minimum absolute atomic E-state index is 0.279. The fraction of sp³-hybridized carbons (Fsp3) is 0.486. The number of ether oxygens (including phenoxy) is 3. The van der Waals surface area contributed by atoms with Crippen LogP contribution in [-0.2, 0) is 30.3 Å². The zero-order chi connectivity index (χ0) is 38.2. The van der Waals surface area contributed by atoms with Gasteiger partial charge in [0, 0.05) is 32.0 Å². The Morgan fingerprint density at radius 1 is 1.06 bits per heavy atom. The quantitative estimate of drug-likeness (QED) is 0.0581. The van der Waals surface area contributed by atoms with Crippen molar-refractivity contribution >= 4 is 42.9 Å². The van der Waals surface area contributed by atoms with Crippen molar-refractivity contribution in [3.8, 4) is 12.0 Å². The molecule has 0 fully saturated rings. The maximum atomic E-state index is 13.2. The van der Waals surface area contributed by atoms with Crippen molar-refractivity contribution in [2.75, 3.05) is 39.7 Å². The Balaban J connectivity index is 0.00000125. The monoisotopic (exact) mass is 698 g/mol. The Morgan fingerprint density at radius 3 is 2.24 bits per heavy atom. The van der Waals surface area contributed by atoms with Gasteiger partial charge in [0.2, 0.25) is 0 Å². The number of rotatable bonds is 15. The first-order valence-corrected chi connectivity index (χ1v) is 15.9. The molecule has 0 saturated carbocycles. The van der Waals surface area contributed by atoms with Crippen LogP contribution in [0.4, 0.5) is 14.9 Å². The van der Waals surface area contributed by atoms with E-state index < -0.39 is 29.1 Å². The van der Waals surface area contributed by atoms with E-state index >= 15 is 0 Å². The summed E-state index contributed by atoms with van der Waals surface area (Å²) >= 11 is 0. The molecule has 0 spiro atoms. The number of nitrogens with zero attached hydrogens (tertiary/aromatic N) is 1. The van der Waals surface area contributed by atoms with E-state index in [0.717, 1.165) is 32.1 Å². The van der Waals surface area contributed by atoms with E-state index in [1.54, 1.807) is 65.3 Å². The van der Waals surface area contributed by atoms with Crippen LogP contribution in [0.5, 0.6) is 5.75 Å². The fourth-order valence-electron chi connectivity index (χ4n) is 3.63. The minimum Gasteiger partial charge on any atom is -0.494 e.